The predicted molar refractivity (Wildman–Crippen MR) is 49.8 cm³/mol. The molecule has 0 spiro atoms. The molecule has 1 aliphatic rings. The van der Waals surface area contributed by atoms with Gasteiger partial charge in [0.25, 0.3) is 0 Å². The van der Waals surface area contributed by atoms with Crippen molar-refractivity contribution in [1.82, 2.24) is 15.1 Å². The van der Waals surface area contributed by atoms with E-state index in [-0.39, 0.29) is 12.2 Å². The molecule has 0 aromatic carbocycles. The van der Waals surface area contributed by atoms with Gasteiger partial charge in [-0.2, -0.15) is 18.3 Å². The molecular weight excluding hydrogens is 223 g/mol. The summed E-state index contributed by atoms with van der Waals surface area (Å²) in [4.78, 5) is 0. The van der Waals surface area contributed by atoms with Crippen molar-refractivity contribution in [2.45, 2.75) is 12.2 Å². The van der Waals surface area contributed by atoms with Crippen LogP contribution in [0.15, 0.2) is 6.20 Å². The number of alkyl halides is 3. The molecule has 7 heteroatoms. The molecule has 0 bridgehead atoms. The van der Waals surface area contributed by atoms with Gasteiger partial charge < -0.3 is 10.1 Å². The monoisotopic (exact) mass is 235 g/mol. The molecule has 16 heavy (non-hydrogen) atoms. The Morgan fingerprint density at radius 3 is 2.88 bits per heavy atom. The van der Waals surface area contributed by atoms with Gasteiger partial charge in [-0.05, 0) is 0 Å². The second-order valence-corrected chi connectivity index (χ2v) is 3.69. The molecule has 1 unspecified atom stereocenters. The van der Waals surface area contributed by atoms with E-state index in [0.29, 0.717) is 13.2 Å². The van der Waals surface area contributed by atoms with Crippen LogP contribution in [-0.4, -0.2) is 29.5 Å². The van der Waals surface area contributed by atoms with Crippen LogP contribution in [-0.2, 0) is 18.0 Å². The van der Waals surface area contributed by atoms with Crippen LogP contribution in [0, 0.1) is 0 Å². The molecule has 1 saturated heterocycles. The number of nitrogens with zero attached hydrogens (tertiary/aromatic N) is 2. The molecule has 4 nitrogen and oxygen atoms in total. The third kappa shape index (κ3) is 2.19. The van der Waals surface area contributed by atoms with E-state index in [4.69, 9.17) is 4.74 Å². The molecule has 0 saturated carbocycles. The molecule has 1 atom stereocenters. The maximum absolute atomic E-state index is 12.7. The van der Waals surface area contributed by atoms with Crippen LogP contribution in [0.3, 0.4) is 0 Å². The van der Waals surface area contributed by atoms with E-state index < -0.39 is 17.9 Å². The zero-order valence-corrected chi connectivity index (χ0v) is 8.71. The second-order valence-electron chi connectivity index (χ2n) is 3.69. The Morgan fingerprint density at radius 1 is 1.56 bits per heavy atom. The summed E-state index contributed by atoms with van der Waals surface area (Å²) in [6, 6.07) is -0.431. The summed E-state index contributed by atoms with van der Waals surface area (Å²) in [6.07, 6.45) is -3.04. The van der Waals surface area contributed by atoms with Gasteiger partial charge in [0, 0.05) is 25.4 Å². The van der Waals surface area contributed by atoms with Gasteiger partial charge in [-0.15, -0.1) is 0 Å². The Bertz CT molecular complexity index is 369. The van der Waals surface area contributed by atoms with Crippen molar-refractivity contribution in [3.05, 3.63) is 17.5 Å². The Morgan fingerprint density at radius 2 is 2.31 bits per heavy atom. The Hall–Kier alpha value is -1.08. The highest BCUT2D eigenvalue weighted by Crippen LogP contribution is 2.33. The molecule has 2 heterocycles. The average Bonchev–Trinajstić information content (AvgIpc) is 2.61. The quantitative estimate of drug-likeness (QED) is 0.792. The van der Waals surface area contributed by atoms with E-state index in [9.17, 15) is 13.2 Å². The van der Waals surface area contributed by atoms with Gasteiger partial charge in [-0.3, -0.25) is 4.68 Å². The third-order valence-electron chi connectivity index (χ3n) is 2.42. The lowest BCUT2D eigenvalue weighted by molar-refractivity contribution is -0.142. The van der Waals surface area contributed by atoms with Crippen LogP contribution in [0.4, 0.5) is 13.2 Å². The van der Waals surface area contributed by atoms with E-state index in [1.165, 1.54) is 17.9 Å². The van der Waals surface area contributed by atoms with Crippen molar-refractivity contribution in [2.24, 2.45) is 7.05 Å². The number of aromatic nitrogens is 2. The van der Waals surface area contributed by atoms with Crippen molar-refractivity contribution in [3.63, 3.8) is 0 Å². The van der Waals surface area contributed by atoms with E-state index in [1.54, 1.807) is 0 Å². The number of nitrogens with one attached hydrogen (secondary N) is 1. The fourth-order valence-corrected chi connectivity index (χ4v) is 1.75. The predicted octanol–water partition coefficient (Wildman–Crippen LogP) is 1.10. The van der Waals surface area contributed by atoms with Gasteiger partial charge in [0.1, 0.15) is 0 Å². The fourth-order valence-electron chi connectivity index (χ4n) is 1.75. The average molecular weight is 235 g/mol. The maximum Gasteiger partial charge on any atom is 0.435 e. The van der Waals surface area contributed by atoms with Crippen LogP contribution in [0.25, 0.3) is 0 Å². The minimum atomic E-state index is -4.42. The van der Waals surface area contributed by atoms with E-state index in [1.807, 2.05) is 0 Å². The first kappa shape index (κ1) is 11.4. The lowest BCUT2D eigenvalue weighted by Crippen LogP contribution is -2.35. The fraction of sp³-hybridized carbons (Fsp3) is 0.667. The normalized spacial score (nSPS) is 22.4. The number of rotatable bonds is 1. The van der Waals surface area contributed by atoms with E-state index >= 15 is 0 Å². The molecule has 1 aliphatic heterocycles. The van der Waals surface area contributed by atoms with Gasteiger partial charge in [0.05, 0.1) is 19.3 Å². The summed E-state index contributed by atoms with van der Waals surface area (Å²) >= 11 is 0. The standard InChI is InChI=1S/C9H12F3N3O/c1-15-4-6(7-5-16-3-2-13-7)8(14-15)9(10,11)12/h4,7,13H,2-3,5H2,1H3. The van der Waals surface area contributed by atoms with Gasteiger partial charge in [-0.1, -0.05) is 0 Å². The number of hydrogen-bond acceptors (Lipinski definition) is 3. The van der Waals surface area contributed by atoms with Crippen molar-refractivity contribution in [1.29, 1.82) is 0 Å². The molecule has 1 aromatic rings. The van der Waals surface area contributed by atoms with Crippen molar-refractivity contribution < 1.29 is 17.9 Å². The maximum atomic E-state index is 12.7. The molecule has 0 aliphatic carbocycles. The summed E-state index contributed by atoms with van der Waals surface area (Å²) in [5.74, 6) is 0. The smallest absolute Gasteiger partial charge is 0.378 e. The highest BCUT2D eigenvalue weighted by atomic mass is 19.4. The number of hydrogen-bond donors (Lipinski definition) is 1. The number of aryl methyl sites for hydroxylation is 1. The van der Waals surface area contributed by atoms with Gasteiger partial charge in [0.2, 0.25) is 0 Å². The van der Waals surface area contributed by atoms with E-state index in [0.717, 1.165) is 0 Å². The summed E-state index contributed by atoms with van der Waals surface area (Å²) in [5, 5.41) is 6.44. The van der Waals surface area contributed by atoms with E-state index in [2.05, 4.69) is 10.4 Å². The summed E-state index contributed by atoms with van der Waals surface area (Å²) < 4.78 is 44.3. The minimum absolute atomic E-state index is 0.148. The first-order chi connectivity index (χ1) is 7.48. The number of morpholine rings is 1. The van der Waals surface area contributed by atoms with Crippen LogP contribution in [0.5, 0.6) is 0 Å². The van der Waals surface area contributed by atoms with Gasteiger partial charge in [0.15, 0.2) is 5.69 Å². The topological polar surface area (TPSA) is 39.1 Å². The number of ether oxygens (including phenoxy) is 1. The molecule has 90 valence electrons. The summed E-state index contributed by atoms with van der Waals surface area (Å²) in [5.41, 5.74) is -0.687. The molecule has 1 fully saturated rings. The Balaban J connectivity index is 2.31. The third-order valence-corrected chi connectivity index (χ3v) is 2.42. The van der Waals surface area contributed by atoms with Crippen molar-refractivity contribution >= 4 is 0 Å². The molecule has 0 radical (unpaired) electrons. The Kier molecular flexibility index (Phi) is 2.90. The van der Waals surface area contributed by atoms with Crippen LogP contribution < -0.4 is 5.32 Å². The van der Waals surface area contributed by atoms with Crippen LogP contribution >= 0.6 is 0 Å². The molecule has 1 aromatic heterocycles. The summed E-state index contributed by atoms with van der Waals surface area (Å²) in [7, 11) is 1.47. The molecule has 2 rings (SSSR count). The molecule has 1 N–H and O–H groups in total. The minimum Gasteiger partial charge on any atom is -0.378 e. The van der Waals surface area contributed by atoms with Gasteiger partial charge in [-0.25, -0.2) is 0 Å². The van der Waals surface area contributed by atoms with Crippen molar-refractivity contribution in [2.75, 3.05) is 19.8 Å². The first-order valence-corrected chi connectivity index (χ1v) is 4.90. The first-order valence-electron chi connectivity index (χ1n) is 4.90. The Labute approximate surface area is 90.4 Å². The highest BCUT2D eigenvalue weighted by Gasteiger charge is 2.39. The van der Waals surface area contributed by atoms with Crippen molar-refractivity contribution in [3.8, 4) is 0 Å². The number of halogens is 3. The highest BCUT2D eigenvalue weighted by molar-refractivity contribution is 5.24. The molecular formula is C9H12F3N3O. The SMILES string of the molecule is Cn1cc(C2COCCN2)c(C(F)(F)F)n1. The van der Waals surface area contributed by atoms with Gasteiger partial charge >= 0.3 is 6.18 Å². The lowest BCUT2D eigenvalue weighted by atomic mass is 10.1. The largest absolute Gasteiger partial charge is 0.435 e. The summed E-state index contributed by atoms with van der Waals surface area (Å²) in [6.45, 7) is 1.32. The van der Waals surface area contributed by atoms with Crippen LogP contribution in [0.2, 0.25) is 0 Å². The molecule has 0 amide bonds. The lowest BCUT2D eigenvalue weighted by Gasteiger charge is -2.24. The van der Waals surface area contributed by atoms with Crippen LogP contribution in [0.1, 0.15) is 17.3 Å². The zero-order chi connectivity index (χ0) is 11.8. The zero-order valence-electron chi connectivity index (χ0n) is 8.71. The second kappa shape index (κ2) is 4.06.